The van der Waals surface area contributed by atoms with Crippen molar-refractivity contribution in [1.29, 1.82) is 0 Å². The summed E-state index contributed by atoms with van der Waals surface area (Å²) in [5.74, 6) is -0.211. The maximum atomic E-state index is 13.2. The van der Waals surface area contributed by atoms with Crippen LogP contribution in [0.4, 0.5) is 4.39 Å². The van der Waals surface area contributed by atoms with Crippen LogP contribution in [0, 0.1) is 12.7 Å². The Labute approximate surface area is 98.2 Å². The predicted molar refractivity (Wildman–Crippen MR) is 64.2 cm³/mol. The third kappa shape index (κ3) is 2.13. The van der Waals surface area contributed by atoms with Crippen molar-refractivity contribution < 1.29 is 4.39 Å². The van der Waals surface area contributed by atoms with E-state index in [0.717, 1.165) is 16.1 Å². The lowest BCUT2D eigenvalue weighted by Gasteiger charge is -2.16. The first kappa shape index (κ1) is 11.2. The molecular weight excluding hydrogens is 223 g/mol. The summed E-state index contributed by atoms with van der Waals surface area (Å²) in [6.07, 6.45) is 1.76. The second kappa shape index (κ2) is 4.72. The lowest BCUT2D eigenvalue weighted by atomic mass is 10.0. The Balaban J connectivity index is 2.44. The molecule has 2 aromatic rings. The zero-order valence-electron chi connectivity index (χ0n) is 9.20. The third-order valence-electron chi connectivity index (χ3n) is 2.54. The van der Waals surface area contributed by atoms with Crippen molar-refractivity contribution in [2.45, 2.75) is 13.0 Å². The van der Waals surface area contributed by atoms with E-state index in [9.17, 15) is 4.39 Å². The summed E-state index contributed by atoms with van der Waals surface area (Å²) in [5, 5.41) is 6.05. The molecule has 0 fully saturated rings. The molecule has 0 bridgehead atoms. The highest BCUT2D eigenvalue weighted by molar-refractivity contribution is 7.09. The molecule has 0 aliphatic rings. The molecule has 1 heterocycles. The molecule has 4 heteroatoms. The summed E-state index contributed by atoms with van der Waals surface area (Å²) in [5.41, 5.74) is 2.01. The number of rotatable bonds is 3. The molecule has 0 aliphatic carbocycles. The number of nitrogens with one attached hydrogen (secondary N) is 1. The number of benzene rings is 1. The van der Waals surface area contributed by atoms with Crippen LogP contribution in [0.15, 0.2) is 29.8 Å². The van der Waals surface area contributed by atoms with Gasteiger partial charge in [0.2, 0.25) is 0 Å². The van der Waals surface area contributed by atoms with Gasteiger partial charge in [-0.3, -0.25) is 0 Å². The smallest absolute Gasteiger partial charge is 0.123 e. The molecule has 1 aromatic heterocycles. The van der Waals surface area contributed by atoms with Crippen molar-refractivity contribution in [2.75, 3.05) is 7.05 Å². The largest absolute Gasteiger partial charge is 0.307 e. The Kier molecular flexibility index (Phi) is 3.31. The van der Waals surface area contributed by atoms with Crippen LogP contribution in [0.3, 0.4) is 0 Å². The van der Waals surface area contributed by atoms with E-state index >= 15 is 0 Å². The number of nitrogens with zero attached hydrogens (tertiary/aromatic N) is 1. The van der Waals surface area contributed by atoms with Gasteiger partial charge in [0.15, 0.2) is 0 Å². The van der Waals surface area contributed by atoms with Gasteiger partial charge in [-0.15, -0.1) is 11.3 Å². The minimum atomic E-state index is -0.211. The van der Waals surface area contributed by atoms with Crippen LogP contribution >= 0.6 is 11.3 Å². The lowest BCUT2D eigenvalue weighted by molar-refractivity contribution is 0.614. The first-order chi connectivity index (χ1) is 7.72. The van der Waals surface area contributed by atoms with Crippen LogP contribution < -0.4 is 5.32 Å². The molecule has 1 atom stereocenters. The second-order valence-corrected chi connectivity index (χ2v) is 4.52. The van der Waals surface area contributed by atoms with Crippen LogP contribution in [0.5, 0.6) is 0 Å². The predicted octanol–water partition coefficient (Wildman–Crippen LogP) is 2.90. The van der Waals surface area contributed by atoms with Gasteiger partial charge in [-0.25, -0.2) is 9.37 Å². The highest BCUT2D eigenvalue weighted by atomic mass is 32.1. The summed E-state index contributed by atoms with van der Waals surface area (Å²) in [6, 6.07) is 4.81. The van der Waals surface area contributed by atoms with Crippen LogP contribution in [-0.2, 0) is 0 Å². The molecule has 84 valence electrons. The van der Waals surface area contributed by atoms with E-state index < -0.39 is 0 Å². The Morgan fingerprint density at radius 1 is 1.44 bits per heavy atom. The van der Waals surface area contributed by atoms with Crippen molar-refractivity contribution in [2.24, 2.45) is 0 Å². The number of halogens is 1. The van der Waals surface area contributed by atoms with Gasteiger partial charge in [-0.05, 0) is 37.2 Å². The van der Waals surface area contributed by atoms with Crippen LogP contribution in [0.1, 0.15) is 22.2 Å². The molecular formula is C12H13FN2S. The van der Waals surface area contributed by atoms with E-state index in [4.69, 9.17) is 0 Å². The van der Waals surface area contributed by atoms with Gasteiger partial charge >= 0.3 is 0 Å². The van der Waals surface area contributed by atoms with E-state index in [0.29, 0.717) is 0 Å². The third-order valence-corrected chi connectivity index (χ3v) is 3.38. The van der Waals surface area contributed by atoms with Gasteiger partial charge in [0.25, 0.3) is 0 Å². The fourth-order valence-corrected chi connectivity index (χ4v) is 2.48. The standard InChI is InChI=1S/C12H13FN2S/c1-8-3-4-9(13)7-10(8)11(14-2)12-15-5-6-16-12/h3-7,11,14H,1-2H3. The summed E-state index contributed by atoms with van der Waals surface area (Å²) in [7, 11) is 1.86. The maximum absolute atomic E-state index is 13.2. The number of hydrogen-bond acceptors (Lipinski definition) is 3. The molecule has 1 aromatic carbocycles. The highest BCUT2D eigenvalue weighted by Crippen LogP contribution is 2.26. The van der Waals surface area contributed by atoms with Gasteiger partial charge in [-0.1, -0.05) is 6.07 Å². The maximum Gasteiger partial charge on any atom is 0.123 e. The summed E-state index contributed by atoms with van der Waals surface area (Å²) in [4.78, 5) is 4.27. The van der Waals surface area contributed by atoms with E-state index in [2.05, 4.69) is 10.3 Å². The van der Waals surface area contributed by atoms with Crippen LogP contribution in [0.25, 0.3) is 0 Å². The number of hydrogen-bond donors (Lipinski definition) is 1. The van der Waals surface area contributed by atoms with Crippen molar-refractivity contribution in [3.05, 3.63) is 51.7 Å². The monoisotopic (exact) mass is 236 g/mol. The zero-order valence-corrected chi connectivity index (χ0v) is 10.0. The number of aryl methyl sites for hydroxylation is 1. The zero-order chi connectivity index (χ0) is 11.5. The average molecular weight is 236 g/mol. The molecule has 0 amide bonds. The van der Waals surface area contributed by atoms with E-state index in [-0.39, 0.29) is 11.9 Å². The van der Waals surface area contributed by atoms with Gasteiger partial charge in [-0.2, -0.15) is 0 Å². The van der Waals surface area contributed by atoms with Crippen molar-refractivity contribution in [3.63, 3.8) is 0 Å². The normalized spacial score (nSPS) is 12.7. The van der Waals surface area contributed by atoms with Crippen LogP contribution in [0.2, 0.25) is 0 Å². The summed E-state index contributed by atoms with van der Waals surface area (Å²) in [6.45, 7) is 1.98. The van der Waals surface area contributed by atoms with Crippen molar-refractivity contribution in [1.82, 2.24) is 10.3 Å². The SMILES string of the molecule is CNC(c1nccs1)c1cc(F)ccc1C. The first-order valence-electron chi connectivity index (χ1n) is 5.05. The fourth-order valence-electron chi connectivity index (χ4n) is 1.71. The Morgan fingerprint density at radius 2 is 2.25 bits per heavy atom. The highest BCUT2D eigenvalue weighted by Gasteiger charge is 2.16. The first-order valence-corrected chi connectivity index (χ1v) is 5.93. The van der Waals surface area contributed by atoms with Gasteiger partial charge < -0.3 is 5.32 Å². The van der Waals surface area contributed by atoms with Gasteiger partial charge in [0, 0.05) is 11.6 Å². The fraction of sp³-hybridized carbons (Fsp3) is 0.250. The average Bonchev–Trinajstić information content (AvgIpc) is 2.78. The Hall–Kier alpha value is -1.26. The molecule has 0 saturated heterocycles. The van der Waals surface area contributed by atoms with Gasteiger partial charge in [0.1, 0.15) is 10.8 Å². The second-order valence-electron chi connectivity index (χ2n) is 3.59. The minimum absolute atomic E-state index is 0.0318. The number of aromatic nitrogens is 1. The quantitative estimate of drug-likeness (QED) is 0.886. The van der Waals surface area contributed by atoms with E-state index in [1.54, 1.807) is 29.7 Å². The lowest BCUT2D eigenvalue weighted by Crippen LogP contribution is -2.18. The van der Waals surface area contributed by atoms with E-state index in [1.807, 2.05) is 19.4 Å². The summed E-state index contributed by atoms with van der Waals surface area (Å²) >= 11 is 1.57. The summed E-state index contributed by atoms with van der Waals surface area (Å²) < 4.78 is 13.2. The molecule has 16 heavy (non-hydrogen) atoms. The molecule has 0 aliphatic heterocycles. The molecule has 0 radical (unpaired) electrons. The molecule has 1 unspecified atom stereocenters. The molecule has 2 rings (SSSR count). The van der Waals surface area contributed by atoms with Crippen molar-refractivity contribution in [3.8, 4) is 0 Å². The van der Waals surface area contributed by atoms with Gasteiger partial charge in [0.05, 0.1) is 6.04 Å². The van der Waals surface area contributed by atoms with Crippen molar-refractivity contribution >= 4 is 11.3 Å². The molecule has 0 saturated carbocycles. The molecule has 1 N–H and O–H groups in total. The Bertz CT molecular complexity index is 468. The number of thiazole rings is 1. The topological polar surface area (TPSA) is 24.9 Å². The van der Waals surface area contributed by atoms with E-state index in [1.165, 1.54) is 6.07 Å². The molecule has 0 spiro atoms. The minimum Gasteiger partial charge on any atom is -0.307 e. The Morgan fingerprint density at radius 3 is 2.88 bits per heavy atom. The molecule has 2 nitrogen and oxygen atoms in total. The van der Waals surface area contributed by atoms with Crippen LogP contribution in [-0.4, -0.2) is 12.0 Å².